The highest BCUT2D eigenvalue weighted by atomic mass is 16.8. The van der Waals surface area contributed by atoms with Gasteiger partial charge in [0.2, 0.25) is 6.29 Å². The number of aliphatic hydroxyl groups excluding tert-OH is 9. The van der Waals surface area contributed by atoms with Gasteiger partial charge in [-0.25, -0.2) is 0 Å². The van der Waals surface area contributed by atoms with E-state index >= 15 is 4.79 Å². The molecule has 8 rings (SSSR count). The van der Waals surface area contributed by atoms with Gasteiger partial charge in [-0.1, -0.05) is 60.1 Å². The summed E-state index contributed by atoms with van der Waals surface area (Å²) in [4.78, 5) is 54.2. The molecule has 20 nitrogen and oxygen atoms in total. The van der Waals surface area contributed by atoms with Gasteiger partial charge in [-0.2, -0.15) is 0 Å². The molecule has 0 spiro atoms. The quantitative estimate of drug-likeness (QED) is 0.109. The first kappa shape index (κ1) is 53.7. The number of ketones is 2. The van der Waals surface area contributed by atoms with Crippen LogP contribution in [0.15, 0.2) is 11.6 Å². The largest absolute Gasteiger partial charge is 0.463 e. The minimum atomic E-state index is -1.98. The summed E-state index contributed by atoms with van der Waals surface area (Å²) in [5, 5.41) is 99.5. The number of hydrogen-bond donors (Lipinski definition) is 9. The molecule has 4 saturated carbocycles. The molecule has 0 aromatic heterocycles. The van der Waals surface area contributed by atoms with Crippen LogP contribution in [0.5, 0.6) is 0 Å². The fourth-order valence-electron chi connectivity index (χ4n) is 14.7. The van der Waals surface area contributed by atoms with Gasteiger partial charge in [-0.05, 0) is 73.5 Å². The van der Waals surface area contributed by atoms with Crippen LogP contribution in [0, 0.1) is 50.2 Å². The third-order valence-electron chi connectivity index (χ3n) is 19.2. The molecule has 70 heavy (non-hydrogen) atoms. The maximum atomic E-state index is 15.0. The Morgan fingerprint density at radius 1 is 0.700 bits per heavy atom. The maximum absolute atomic E-state index is 15.0. The van der Waals surface area contributed by atoms with Crippen LogP contribution in [-0.2, 0) is 52.3 Å². The fraction of sp³-hybridized carbons (Fsp3) is 0.880. The standard InChI is InChI=1S/C50H76O20/c1-21-31(55)33(57)36(60)42(66-21)69-39-27(20-64-22(2)51)68-41(38(62)35(39)59)65-19-26-32(56)34(58)37(61)43(67-26)70-44(63)50-15-14-48(8)23(24(50)17-45(3,4)30(54)18-50)16-25(52)40-47(7)12-11-29(53)46(5,6)28(47)10-13-49(40,48)9/h16,21,24-28,31-43,52,55-62H,10-15,17-20H2,1-9H3/t21-,24-,25+,26+,27+,28-,31-,32+,33+,34-,35+,36+,37+,38+,39+,40+,41+,42-,43-,47-,48+,49+,50+/m0/s1. The molecule has 9 N–H and O–H groups in total. The predicted octanol–water partition coefficient (Wildman–Crippen LogP) is 0.0969. The molecule has 5 aliphatic carbocycles. The topological polar surface area (TPSA) is 315 Å². The molecule has 0 aromatic rings. The molecule has 0 radical (unpaired) electrons. The predicted molar refractivity (Wildman–Crippen MR) is 239 cm³/mol. The molecule has 0 bridgehead atoms. The van der Waals surface area contributed by atoms with Gasteiger partial charge in [0.15, 0.2) is 12.6 Å². The van der Waals surface area contributed by atoms with Crippen LogP contribution < -0.4 is 0 Å². The van der Waals surface area contributed by atoms with Gasteiger partial charge in [0.05, 0.1) is 24.2 Å². The van der Waals surface area contributed by atoms with Crippen molar-refractivity contribution in [3.05, 3.63) is 11.6 Å². The number of rotatable bonds is 9. The highest BCUT2D eigenvalue weighted by molar-refractivity contribution is 5.93. The molecule has 0 aromatic carbocycles. The zero-order valence-corrected chi connectivity index (χ0v) is 41.6. The minimum Gasteiger partial charge on any atom is -0.463 e. The third kappa shape index (κ3) is 8.45. The summed E-state index contributed by atoms with van der Waals surface area (Å²) >= 11 is 0. The lowest BCUT2D eigenvalue weighted by Gasteiger charge is -2.71. The second-order valence-electron chi connectivity index (χ2n) is 23.8. The molecule has 396 valence electrons. The lowest BCUT2D eigenvalue weighted by molar-refractivity contribution is -0.361. The molecule has 3 heterocycles. The van der Waals surface area contributed by atoms with Crippen LogP contribution in [0.3, 0.4) is 0 Å². The third-order valence-corrected chi connectivity index (χ3v) is 19.2. The Bertz CT molecular complexity index is 2060. The number of carbonyl (C=O) groups excluding carboxylic acids is 4. The van der Waals surface area contributed by atoms with Crippen LogP contribution in [0.2, 0.25) is 0 Å². The number of Topliss-reactive ketones (excluding diaryl/α,β-unsaturated/α-hetero) is 2. The SMILES string of the molecule is CC(=O)OC[C@H]1O[C@@H](OC[C@H]2O[C@@H](OC(=O)[C@@]34CC[C@]5(C)C(=C[C@@H](O)[C@@H]6[C@@]7(C)CCC(=O)C(C)(C)[C@@H]7CC[C@]65C)[C@@H]3CC(C)(C)C(=O)C4)[C@H](O)[C@@H](O)[C@@H]2O)[C@H](O)[C@@H](O)[C@@H]1O[C@@H]1O[C@@H](C)[C@H](O)[C@@H](O)[C@H]1O. The summed E-state index contributed by atoms with van der Waals surface area (Å²) in [6.45, 7) is 15.7. The summed E-state index contributed by atoms with van der Waals surface area (Å²) in [5.41, 5.74) is -3.30. The van der Waals surface area contributed by atoms with Crippen LogP contribution in [0.1, 0.15) is 114 Å². The van der Waals surface area contributed by atoms with Crippen molar-refractivity contribution in [1.29, 1.82) is 0 Å². The summed E-state index contributed by atoms with van der Waals surface area (Å²) in [5.74, 6) is -2.24. The summed E-state index contributed by atoms with van der Waals surface area (Å²) < 4.78 is 40.0. The second kappa shape index (κ2) is 18.7. The van der Waals surface area contributed by atoms with Gasteiger partial charge in [0, 0.05) is 36.5 Å². The lowest BCUT2D eigenvalue weighted by atomic mass is 9.33. The Hall–Kier alpha value is -2.54. The maximum Gasteiger partial charge on any atom is 0.315 e. The Morgan fingerprint density at radius 2 is 1.33 bits per heavy atom. The van der Waals surface area contributed by atoms with Crippen molar-refractivity contribution in [2.24, 2.45) is 50.2 Å². The highest BCUT2D eigenvalue weighted by Crippen LogP contribution is 2.75. The number of ether oxygens (including phenoxy) is 7. The zero-order chi connectivity index (χ0) is 51.6. The van der Waals surface area contributed by atoms with Gasteiger partial charge in [0.25, 0.3) is 0 Å². The van der Waals surface area contributed by atoms with E-state index in [-0.39, 0.29) is 48.1 Å². The molecule has 3 saturated heterocycles. The Balaban J connectivity index is 1.01. The summed E-state index contributed by atoms with van der Waals surface area (Å²) in [6.07, 6.45) is -21.1. The first-order valence-electron chi connectivity index (χ1n) is 25.0. The number of aliphatic hydroxyl groups is 9. The first-order chi connectivity index (χ1) is 32.5. The van der Waals surface area contributed by atoms with E-state index in [4.69, 9.17) is 33.2 Å². The molecule has 0 amide bonds. The molecule has 8 aliphatic rings. The molecule has 3 aliphatic heterocycles. The van der Waals surface area contributed by atoms with Crippen molar-refractivity contribution < 1.29 is 98.3 Å². The number of carbonyl (C=O) groups is 4. The van der Waals surface area contributed by atoms with E-state index in [0.29, 0.717) is 19.3 Å². The number of esters is 2. The van der Waals surface area contributed by atoms with Gasteiger partial charge in [-0.15, -0.1) is 0 Å². The van der Waals surface area contributed by atoms with Gasteiger partial charge < -0.3 is 79.1 Å². The van der Waals surface area contributed by atoms with Crippen molar-refractivity contribution in [3.63, 3.8) is 0 Å². The monoisotopic (exact) mass is 996 g/mol. The molecule has 0 unspecified atom stereocenters. The van der Waals surface area contributed by atoms with Gasteiger partial charge in [-0.3, -0.25) is 19.2 Å². The van der Waals surface area contributed by atoms with E-state index in [1.165, 1.54) is 6.92 Å². The van der Waals surface area contributed by atoms with E-state index < -0.39 is 156 Å². The molecular formula is C50H76O20. The number of allylic oxidation sites excluding steroid dienone is 1. The van der Waals surface area contributed by atoms with Crippen molar-refractivity contribution in [1.82, 2.24) is 0 Å². The average Bonchev–Trinajstić information content (AvgIpc) is 3.28. The Morgan fingerprint density at radius 3 is 2.00 bits per heavy atom. The van der Waals surface area contributed by atoms with Gasteiger partial charge >= 0.3 is 11.9 Å². The van der Waals surface area contributed by atoms with Crippen molar-refractivity contribution in [2.75, 3.05) is 13.2 Å². The number of hydrogen-bond acceptors (Lipinski definition) is 20. The lowest BCUT2D eigenvalue weighted by Crippen LogP contribution is -2.68. The van der Waals surface area contributed by atoms with Crippen LogP contribution >= 0.6 is 0 Å². The van der Waals surface area contributed by atoms with Crippen molar-refractivity contribution in [2.45, 2.75) is 212 Å². The Kier molecular flexibility index (Phi) is 14.3. The van der Waals surface area contributed by atoms with E-state index in [0.717, 1.165) is 25.3 Å². The average molecular weight is 997 g/mol. The van der Waals surface area contributed by atoms with E-state index in [2.05, 4.69) is 20.8 Å². The second-order valence-corrected chi connectivity index (χ2v) is 23.8. The normalized spacial score (nSPS) is 50.9. The van der Waals surface area contributed by atoms with Crippen LogP contribution in [0.25, 0.3) is 0 Å². The van der Waals surface area contributed by atoms with Crippen molar-refractivity contribution >= 4 is 23.5 Å². The fourth-order valence-corrected chi connectivity index (χ4v) is 14.7. The molecule has 23 atom stereocenters. The Labute approximate surface area is 407 Å². The van der Waals surface area contributed by atoms with Gasteiger partial charge in [0.1, 0.15) is 85.3 Å². The van der Waals surface area contributed by atoms with Crippen LogP contribution in [0.4, 0.5) is 0 Å². The van der Waals surface area contributed by atoms with Crippen LogP contribution in [-0.4, -0.2) is 181 Å². The number of fused-ring (bicyclic) bond motifs is 7. The minimum absolute atomic E-state index is 0.0692. The van der Waals surface area contributed by atoms with Crippen molar-refractivity contribution in [3.8, 4) is 0 Å². The molecule has 20 heteroatoms. The zero-order valence-electron chi connectivity index (χ0n) is 41.6. The van der Waals surface area contributed by atoms with E-state index in [1.807, 2.05) is 33.8 Å². The van der Waals surface area contributed by atoms with E-state index in [1.54, 1.807) is 0 Å². The van der Waals surface area contributed by atoms with E-state index in [9.17, 15) is 60.3 Å². The molecule has 7 fully saturated rings. The molecular weight excluding hydrogens is 921 g/mol. The summed E-state index contributed by atoms with van der Waals surface area (Å²) in [6, 6.07) is 0. The smallest absolute Gasteiger partial charge is 0.315 e. The first-order valence-corrected chi connectivity index (χ1v) is 25.0. The highest BCUT2D eigenvalue weighted by Gasteiger charge is 2.72. The summed E-state index contributed by atoms with van der Waals surface area (Å²) in [7, 11) is 0.